The van der Waals surface area contributed by atoms with Crippen LogP contribution in [0.15, 0.2) is 24.5 Å². The molecule has 0 bridgehead atoms. The molecule has 1 aliphatic rings. The Hall–Kier alpha value is -2.04. The Morgan fingerprint density at radius 3 is 2.61 bits per heavy atom. The molecule has 5 heteroatoms. The van der Waals surface area contributed by atoms with Crippen molar-refractivity contribution >= 4 is 0 Å². The Kier molecular flexibility index (Phi) is 2.66. The monoisotopic (exact) mass is 245 g/mol. The lowest BCUT2D eigenvalue weighted by Gasteiger charge is -2.10. The van der Waals surface area contributed by atoms with Crippen molar-refractivity contribution < 1.29 is 9.47 Å². The average Bonchev–Trinajstić information content (AvgIpc) is 3.15. The van der Waals surface area contributed by atoms with Gasteiger partial charge in [0.1, 0.15) is 6.33 Å². The minimum Gasteiger partial charge on any atom is -0.493 e. The van der Waals surface area contributed by atoms with E-state index in [0.717, 1.165) is 17.1 Å². The maximum absolute atomic E-state index is 5.31. The van der Waals surface area contributed by atoms with E-state index in [1.54, 1.807) is 20.5 Å². The maximum atomic E-state index is 5.31. The molecule has 1 heterocycles. The van der Waals surface area contributed by atoms with E-state index in [4.69, 9.17) is 9.47 Å². The van der Waals surface area contributed by atoms with Gasteiger partial charge < -0.3 is 14.0 Å². The molecule has 2 aromatic rings. The molecule has 0 atom stereocenters. The van der Waals surface area contributed by atoms with E-state index in [2.05, 4.69) is 14.8 Å². The van der Waals surface area contributed by atoms with E-state index >= 15 is 0 Å². The molecule has 0 spiro atoms. The quantitative estimate of drug-likeness (QED) is 0.829. The van der Waals surface area contributed by atoms with Crippen LogP contribution in [0.2, 0.25) is 0 Å². The number of benzene rings is 1. The molecule has 0 unspecified atom stereocenters. The van der Waals surface area contributed by atoms with Gasteiger partial charge in [-0.2, -0.15) is 0 Å². The first-order valence-electron chi connectivity index (χ1n) is 5.95. The normalized spacial score (nSPS) is 14.6. The van der Waals surface area contributed by atoms with Crippen LogP contribution in [0.1, 0.15) is 18.9 Å². The lowest BCUT2D eigenvalue weighted by atomic mass is 10.2. The van der Waals surface area contributed by atoms with Crippen LogP contribution in [0.4, 0.5) is 0 Å². The van der Waals surface area contributed by atoms with Gasteiger partial charge in [0.2, 0.25) is 0 Å². The van der Waals surface area contributed by atoms with Gasteiger partial charge in [0, 0.05) is 11.6 Å². The highest BCUT2D eigenvalue weighted by Crippen LogP contribution is 2.38. The molecule has 3 rings (SSSR count). The van der Waals surface area contributed by atoms with Gasteiger partial charge in [-0.3, -0.25) is 0 Å². The van der Waals surface area contributed by atoms with Crippen molar-refractivity contribution in [1.29, 1.82) is 0 Å². The molecular weight excluding hydrogens is 230 g/mol. The minimum absolute atomic E-state index is 0.558. The standard InChI is InChI=1S/C13H15N3O2/c1-17-11-6-3-9(7-12(11)18-2)13-15-14-8-16(13)10-4-5-10/h3,6-8,10H,4-5H2,1-2H3. The van der Waals surface area contributed by atoms with Crippen LogP contribution in [0.25, 0.3) is 11.4 Å². The predicted molar refractivity (Wildman–Crippen MR) is 66.8 cm³/mol. The van der Waals surface area contributed by atoms with Crippen LogP contribution in [-0.4, -0.2) is 29.0 Å². The molecule has 1 aliphatic carbocycles. The van der Waals surface area contributed by atoms with Crippen molar-refractivity contribution in [3.8, 4) is 22.9 Å². The Balaban J connectivity index is 2.03. The first kappa shape index (κ1) is 11.1. The predicted octanol–water partition coefficient (Wildman–Crippen LogP) is 2.30. The second-order valence-electron chi connectivity index (χ2n) is 4.36. The summed E-state index contributed by atoms with van der Waals surface area (Å²) in [6.07, 6.45) is 4.21. The largest absolute Gasteiger partial charge is 0.493 e. The van der Waals surface area contributed by atoms with Crippen LogP contribution in [0.5, 0.6) is 11.5 Å². The van der Waals surface area contributed by atoms with Gasteiger partial charge in [-0.1, -0.05) is 0 Å². The molecule has 1 fully saturated rings. The van der Waals surface area contributed by atoms with E-state index in [0.29, 0.717) is 11.8 Å². The molecule has 0 amide bonds. The fourth-order valence-electron chi connectivity index (χ4n) is 2.04. The van der Waals surface area contributed by atoms with Crippen molar-refractivity contribution in [2.45, 2.75) is 18.9 Å². The molecule has 0 N–H and O–H groups in total. The average molecular weight is 245 g/mol. The summed E-state index contributed by atoms with van der Waals surface area (Å²) in [7, 11) is 3.26. The Morgan fingerprint density at radius 2 is 1.94 bits per heavy atom. The summed E-state index contributed by atoms with van der Waals surface area (Å²) in [5, 5.41) is 8.19. The molecule has 0 radical (unpaired) electrons. The van der Waals surface area contributed by atoms with Crippen LogP contribution in [-0.2, 0) is 0 Å². The summed E-state index contributed by atoms with van der Waals surface area (Å²) in [5.74, 6) is 2.32. The number of aromatic nitrogens is 3. The first-order valence-corrected chi connectivity index (χ1v) is 5.95. The van der Waals surface area contributed by atoms with Gasteiger partial charge in [0.05, 0.1) is 14.2 Å². The lowest BCUT2D eigenvalue weighted by molar-refractivity contribution is 0.355. The summed E-state index contributed by atoms with van der Waals surface area (Å²) in [4.78, 5) is 0. The molecule has 0 saturated heterocycles. The topological polar surface area (TPSA) is 49.2 Å². The SMILES string of the molecule is COc1ccc(-c2nncn2C2CC2)cc1OC. The highest BCUT2D eigenvalue weighted by molar-refractivity contribution is 5.61. The van der Waals surface area contributed by atoms with Crippen molar-refractivity contribution in [3.63, 3.8) is 0 Å². The third-order valence-corrected chi connectivity index (χ3v) is 3.16. The van der Waals surface area contributed by atoms with Gasteiger partial charge >= 0.3 is 0 Å². The Bertz CT molecular complexity index is 561. The van der Waals surface area contributed by atoms with Crippen molar-refractivity contribution in [1.82, 2.24) is 14.8 Å². The smallest absolute Gasteiger partial charge is 0.164 e. The second-order valence-corrected chi connectivity index (χ2v) is 4.36. The minimum atomic E-state index is 0.558. The van der Waals surface area contributed by atoms with E-state index in [1.807, 2.05) is 18.2 Å². The summed E-state index contributed by atoms with van der Waals surface area (Å²) in [5.41, 5.74) is 0.997. The van der Waals surface area contributed by atoms with E-state index < -0.39 is 0 Å². The molecule has 1 saturated carbocycles. The number of nitrogens with zero attached hydrogens (tertiary/aromatic N) is 3. The third-order valence-electron chi connectivity index (χ3n) is 3.16. The number of rotatable bonds is 4. The van der Waals surface area contributed by atoms with Gasteiger partial charge in [-0.05, 0) is 31.0 Å². The number of methoxy groups -OCH3 is 2. The van der Waals surface area contributed by atoms with Crippen LogP contribution >= 0.6 is 0 Å². The maximum Gasteiger partial charge on any atom is 0.164 e. The van der Waals surface area contributed by atoms with Gasteiger partial charge in [0.25, 0.3) is 0 Å². The molecule has 0 aliphatic heterocycles. The fourth-order valence-corrected chi connectivity index (χ4v) is 2.04. The molecule has 1 aromatic carbocycles. The van der Waals surface area contributed by atoms with Crippen LogP contribution in [0, 0.1) is 0 Å². The zero-order valence-electron chi connectivity index (χ0n) is 10.5. The summed E-state index contributed by atoms with van der Waals surface area (Å²) >= 11 is 0. The first-order chi connectivity index (χ1) is 8.83. The van der Waals surface area contributed by atoms with E-state index in [9.17, 15) is 0 Å². The molecule has 1 aromatic heterocycles. The highest BCUT2D eigenvalue weighted by Gasteiger charge is 2.26. The molecule has 5 nitrogen and oxygen atoms in total. The zero-order valence-corrected chi connectivity index (χ0v) is 10.5. The number of hydrogen-bond donors (Lipinski definition) is 0. The molecule has 18 heavy (non-hydrogen) atoms. The van der Waals surface area contributed by atoms with Gasteiger partial charge in [-0.25, -0.2) is 0 Å². The second kappa shape index (κ2) is 4.33. The lowest BCUT2D eigenvalue weighted by Crippen LogP contribution is -1.97. The number of ether oxygens (including phenoxy) is 2. The van der Waals surface area contributed by atoms with Crippen LogP contribution in [0.3, 0.4) is 0 Å². The fraction of sp³-hybridized carbons (Fsp3) is 0.385. The van der Waals surface area contributed by atoms with Gasteiger partial charge in [0.15, 0.2) is 17.3 Å². The van der Waals surface area contributed by atoms with Crippen molar-refractivity contribution in [2.75, 3.05) is 14.2 Å². The highest BCUT2D eigenvalue weighted by atomic mass is 16.5. The molecular formula is C13H15N3O2. The Morgan fingerprint density at radius 1 is 1.17 bits per heavy atom. The zero-order chi connectivity index (χ0) is 12.5. The van der Waals surface area contributed by atoms with Crippen molar-refractivity contribution in [2.24, 2.45) is 0 Å². The van der Waals surface area contributed by atoms with Crippen molar-refractivity contribution in [3.05, 3.63) is 24.5 Å². The Labute approximate surface area is 105 Å². The summed E-state index contributed by atoms with van der Waals surface area (Å²) in [6.45, 7) is 0. The van der Waals surface area contributed by atoms with Crippen LogP contribution < -0.4 is 9.47 Å². The van der Waals surface area contributed by atoms with E-state index in [-0.39, 0.29) is 0 Å². The van der Waals surface area contributed by atoms with E-state index in [1.165, 1.54) is 12.8 Å². The summed E-state index contributed by atoms with van der Waals surface area (Å²) in [6, 6.07) is 6.36. The molecule has 94 valence electrons. The van der Waals surface area contributed by atoms with Gasteiger partial charge in [-0.15, -0.1) is 10.2 Å². The number of hydrogen-bond acceptors (Lipinski definition) is 4. The third kappa shape index (κ3) is 1.81. The summed E-state index contributed by atoms with van der Waals surface area (Å²) < 4.78 is 12.7.